The van der Waals surface area contributed by atoms with Crippen LogP contribution in [0.5, 0.6) is 0 Å². The first kappa shape index (κ1) is 30.1. The molecule has 0 aliphatic carbocycles. The molecular formula is C28H41N5O6. The number of amides is 5. The lowest BCUT2D eigenvalue weighted by molar-refractivity contribution is -0.142. The van der Waals surface area contributed by atoms with E-state index in [1.165, 1.54) is 16.9 Å². The smallest absolute Gasteiger partial charge is 0.245 e. The molecule has 2 aliphatic heterocycles. The Morgan fingerprint density at radius 2 is 1.77 bits per heavy atom. The summed E-state index contributed by atoms with van der Waals surface area (Å²) in [5, 5.41) is 8.59. The zero-order valence-electron chi connectivity index (χ0n) is 23.3. The minimum Gasteiger partial charge on any atom is -0.384 e. The summed E-state index contributed by atoms with van der Waals surface area (Å²) in [5.41, 5.74) is 0.945. The van der Waals surface area contributed by atoms with Crippen LogP contribution in [0.25, 0.3) is 0 Å². The van der Waals surface area contributed by atoms with E-state index in [9.17, 15) is 24.0 Å². The third-order valence-electron chi connectivity index (χ3n) is 7.15. The van der Waals surface area contributed by atoms with Gasteiger partial charge in [-0.15, -0.1) is 0 Å². The first-order valence-corrected chi connectivity index (χ1v) is 13.6. The van der Waals surface area contributed by atoms with E-state index in [4.69, 9.17) is 4.74 Å². The number of fused-ring (bicyclic) bond motifs is 1. The molecule has 0 radical (unpaired) electrons. The number of ether oxygens (including phenoxy) is 1. The summed E-state index contributed by atoms with van der Waals surface area (Å²) < 4.78 is 5.06. The summed E-state index contributed by atoms with van der Waals surface area (Å²) in [6.45, 7) is 5.60. The van der Waals surface area contributed by atoms with Gasteiger partial charge in [0.25, 0.3) is 0 Å². The molecule has 5 amide bonds. The molecule has 1 aromatic rings. The van der Waals surface area contributed by atoms with E-state index in [-0.39, 0.29) is 55.7 Å². The number of methoxy groups -OCH3 is 1. The molecule has 11 heteroatoms. The zero-order valence-corrected chi connectivity index (χ0v) is 23.3. The maximum atomic E-state index is 13.6. The van der Waals surface area contributed by atoms with Gasteiger partial charge >= 0.3 is 0 Å². The number of rotatable bonds is 6. The Bertz CT molecular complexity index is 1030. The molecule has 11 nitrogen and oxygen atoms in total. The molecule has 39 heavy (non-hydrogen) atoms. The topological polar surface area (TPSA) is 137 Å². The summed E-state index contributed by atoms with van der Waals surface area (Å²) in [6.07, 6.45) is 1.59. The van der Waals surface area contributed by atoms with Gasteiger partial charge in [0, 0.05) is 20.2 Å². The Hall–Kier alpha value is -3.47. The highest BCUT2D eigenvalue weighted by molar-refractivity contribution is 5.95. The molecule has 0 bridgehead atoms. The Kier molecular flexibility index (Phi) is 10.8. The Morgan fingerprint density at radius 1 is 1.05 bits per heavy atom. The van der Waals surface area contributed by atoms with Gasteiger partial charge in [-0.3, -0.25) is 24.0 Å². The van der Waals surface area contributed by atoms with Crippen molar-refractivity contribution in [2.24, 2.45) is 5.92 Å². The molecule has 0 unspecified atom stereocenters. The van der Waals surface area contributed by atoms with Gasteiger partial charge in [-0.2, -0.15) is 0 Å². The molecule has 3 N–H and O–H groups in total. The summed E-state index contributed by atoms with van der Waals surface area (Å²) in [6, 6.07) is 6.55. The Balaban J connectivity index is 1.97. The van der Waals surface area contributed by atoms with E-state index in [1.807, 2.05) is 44.2 Å². The van der Waals surface area contributed by atoms with Crippen molar-refractivity contribution in [2.45, 2.75) is 70.6 Å². The van der Waals surface area contributed by atoms with Crippen LogP contribution in [0, 0.1) is 5.92 Å². The molecule has 0 saturated carbocycles. The normalized spacial score (nSPS) is 25.4. The van der Waals surface area contributed by atoms with Gasteiger partial charge in [0.2, 0.25) is 29.5 Å². The maximum Gasteiger partial charge on any atom is 0.245 e. The maximum absolute atomic E-state index is 13.6. The number of hydrogen-bond acceptors (Lipinski definition) is 6. The molecule has 0 aromatic heterocycles. The summed E-state index contributed by atoms with van der Waals surface area (Å²) in [4.78, 5) is 69.0. The van der Waals surface area contributed by atoms with Gasteiger partial charge < -0.3 is 30.5 Å². The second kappa shape index (κ2) is 14.1. The predicted octanol–water partition coefficient (Wildman–Crippen LogP) is 0.229. The third kappa shape index (κ3) is 8.26. The third-order valence-corrected chi connectivity index (χ3v) is 7.15. The van der Waals surface area contributed by atoms with Crippen molar-refractivity contribution in [3.8, 4) is 0 Å². The Labute approximate surface area is 230 Å². The van der Waals surface area contributed by atoms with Crippen LogP contribution in [0.4, 0.5) is 0 Å². The van der Waals surface area contributed by atoms with Crippen molar-refractivity contribution >= 4 is 29.5 Å². The Morgan fingerprint density at radius 3 is 2.44 bits per heavy atom. The molecule has 2 heterocycles. The number of carbonyl (C=O) groups is 5. The van der Waals surface area contributed by atoms with Gasteiger partial charge in [-0.1, -0.05) is 44.2 Å². The van der Waals surface area contributed by atoms with Crippen molar-refractivity contribution in [3.05, 3.63) is 35.9 Å². The van der Waals surface area contributed by atoms with E-state index < -0.39 is 30.1 Å². The SMILES string of the molecule is COCCC(=O)N1CC(=O)N[C@@H](C)C(=O)N2CCC[C@@H]2C(=O)N[C@@H](C(C)C)C(=O)N[C@@H](Cc2ccccc2)C1. The van der Waals surface area contributed by atoms with Crippen LogP contribution >= 0.6 is 0 Å². The van der Waals surface area contributed by atoms with Crippen LogP contribution < -0.4 is 16.0 Å². The van der Waals surface area contributed by atoms with Crippen molar-refractivity contribution in [2.75, 3.05) is 33.4 Å². The van der Waals surface area contributed by atoms with E-state index in [0.29, 0.717) is 25.8 Å². The summed E-state index contributed by atoms with van der Waals surface area (Å²) >= 11 is 0. The lowest BCUT2D eigenvalue weighted by Gasteiger charge is -2.31. The number of nitrogens with zero attached hydrogens (tertiary/aromatic N) is 2. The first-order chi connectivity index (χ1) is 18.6. The van der Waals surface area contributed by atoms with Crippen LogP contribution in [-0.2, 0) is 35.1 Å². The molecular weight excluding hydrogens is 502 g/mol. The molecule has 2 aliphatic rings. The van der Waals surface area contributed by atoms with Gasteiger partial charge in [0.15, 0.2) is 0 Å². The van der Waals surface area contributed by atoms with E-state index in [1.54, 1.807) is 6.92 Å². The van der Waals surface area contributed by atoms with E-state index >= 15 is 0 Å². The van der Waals surface area contributed by atoms with Gasteiger partial charge in [0.05, 0.1) is 25.6 Å². The van der Waals surface area contributed by atoms with Crippen LogP contribution in [0.2, 0.25) is 0 Å². The van der Waals surface area contributed by atoms with Crippen LogP contribution in [0.1, 0.15) is 45.6 Å². The fraction of sp³-hybridized carbons (Fsp3) is 0.607. The fourth-order valence-corrected chi connectivity index (χ4v) is 5.08. The monoisotopic (exact) mass is 543 g/mol. The molecule has 2 fully saturated rings. The largest absolute Gasteiger partial charge is 0.384 e. The second-order valence-corrected chi connectivity index (χ2v) is 10.6. The highest BCUT2D eigenvalue weighted by Gasteiger charge is 2.39. The summed E-state index contributed by atoms with van der Waals surface area (Å²) in [7, 11) is 1.49. The van der Waals surface area contributed by atoms with E-state index in [0.717, 1.165) is 5.56 Å². The number of nitrogens with one attached hydrogen (secondary N) is 3. The van der Waals surface area contributed by atoms with Gasteiger partial charge in [-0.05, 0) is 37.7 Å². The average molecular weight is 544 g/mol. The number of hydrogen-bond donors (Lipinski definition) is 3. The van der Waals surface area contributed by atoms with Crippen LogP contribution in [0.15, 0.2) is 30.3 Å². The van der Waals surface area contributed by atoms with Gasteiger partial charge in [0.1, 0.15) is 18.1 Å². The van der Waals surface area contributed by atoms with Crippen molar-refractivity contribution in [3.63, 3.8) is 0 Å². The van der Waals surface area contributed by atoms with E-state index in [2.05, 4.69) is 16.0 Å². The zero-order chi connectivity index (χ0) is 28.5. The molecule has 2 saturated heterocycles. The quantitative estimate of drug-likeness (QED) is 0.470. The predicted molar refractivity (Wildman–Crippen MR) is 144 cm³/mol. The second-order valence-electron chi connectivity index (χ2n) is 10.6. The fourth-order valence-electron chi connectivity index (χ4n) is 5.08. The molecule has 214 valence electrons. The minimum absolute atomic E-state index is 0.0599. The molecule has 4 atom stereocenters. The molecule has 1 aromatic carbocycles. The molecule has 0 spiro atoms. The molecule has 3 rings (SSSR count). The highest BCUT2D eigenvalue weighted by atomic mass is 16.5. The average Bonchev–Trinajstić information content (AvgIpc) is 3.39. The number of carbonyl (C=O) groups excluding carboxylic acids is 5. The number of benzene rings is 1. The highest BCUT2D eigenvalue weighted by Crippen LogP contribution is 2.20. The first-order valence-electron chi connectivity index (χ1n) is 13.6. The van der Waals surface area contributed by atoms with Gasteiger partial charge in [-0.25, -0.2) is 0 Å². The standard InChI is InChI=1S/C28H41N5O6/c1-18(2)25-27(37)30-21(15-20-9-6-5-7-10-20)16-32(24(35)12-14-39-4)17-23(34)29-19(3)28(38)33-13-8-11-22(33)26(36)31-25/h5-7,9-10,18-19,21-22,25H,8,11-17H2,1-4H3,(H,29,34)(H,30,37)(H,31,36)/t19-,21-,22+,25-/m0/s1. The summed E-state index contributed by atoms with van der Waals surface area (Å²) in [5.74, 6) is -2.18. The van der Waals surface area contributed by atoms with Crippen molar-refractivity contribution in [1.29, 1.82) is 0 Å². The van der Waals surface area contributed by atoms with Crippen molar-refractivity contribution < 1.29 is 28.7 Å². The minimum atomic E-state index is -0.882. The lowest BCUT2D eigenvalue weighted by atomic mass is 10.00. The van der Waals surface area contributed by atoms with Crippen LogP contribution in [0.3, 0.4) is 0 Å². The lowest BCUT2D eigenvalue weighted by Crippen LogP contribution is -2.58. The van der Waals surface area contributed by atoms with Crippen molar-refractivity contribution in [1.82, 2.24) is 25.8 Å². The van der Waals surface area contributed by atoms with Crippen LogP contribution in [-0.4, -0.2) is 96.9 Å².